The van der Waals surface area contributed by atoms with Crippen molar-refractivity contribution in [2.45, 2.75) is 140 Å². The molecule has 456 valence electrons. The number of benzene rings is 1. The minimum Gasteiger partial charge on any atom is -0.450 e. The summed E-state index contributed by atoms with van der Waals surface area (Å²) in [6.07, 6.45) is -5.83. The summed E-state index contributed by atoms with van der Waals surface area (Å²) in [6.45, 7) is 22.1. The zero-order chi connectivity index (χ0) is 60.7. The van der Waals surface area contributed by atoms with E-state index in [4.69, 9.17) is 48.0 Å². The Balaban J connectivity index is 1.02. The second-order valence-corrected chi connectivity index (χ2v) is 36.0. The predicted octanol–water partition coefficient (Wildman–Crippen LogP) is 7.88. The Bertz CT molecular complexity index is 3310. The van der Waals surface area contributed by atoms with Gasteiger partial charge in [-0.15, -0.1) is 9.42 Å². The number of nitrogens with zero attached hydrogens (tertiary/aromatic N) is 7. The fourth-order valence-corrected chi connectivity index (χ4v) is 13.6. The highest BCUT2D eigenvalue weighted by Gasteiger charge is 2.56. The fraction of sp³-hybridized carbons (Fsp3) is 0.574. The number of aliphatic hydroxyl groups excluding tert-OH is 1. The van der Waals surface area contributed by atoms with Crippen LogP contribution in [-0.2, 0) is 68.4 Å². The molecule has 10 atom stereocenters. The lowest BCUT2D eigenvalue weighted by Crippen LogP contribution is -2.50. The smallest absolute Gasteiger partial charge is 0.450 e. The maximum absolute atomic E-state index is 17.1. The number of aliphatic hydroxyl groups is 1. The lowest BCUT2D eigenvalue weighted by Gasteiger charge is -2.40. The van der Waals surface area contributed by atoms with E-state index < -0.39 is 118 Å². The summed E-state index contributed by atoms with van der Waals surface area (Å²) < 4.78 is 103. The van der Waals surface area contributed by atoms with E-state index >= 15 is 8.96 Å². The van der Waals surface area contributed by atoms with Crippen molar-refractivity contribution in [1.82, 2.24) is 29.0 Å². The van der Waals surface area contributed by atoms with Crippen molar-refractivity contribution in [1.29, 1.82) is 0 Å². The molecule has 3 aliphatic rings. The van der Waals surface area contributed by atoms with E-state index in [-0.39, 0.29) is 68.6 Å². The minimum atomic E-state index is -5.02. The van der Waals surface area contributed by atoms with E-state index in [1.165, 1.54) is 38.5 Å². The number of hydrogen-bond acceptors (Lipinski definition) is 18. The summed E-state index contributed by atoms with van der Waals surface area (Å²) >= 11 is 0. The molecule has 0 aliphatic carbocycles. The van der Waals surface area contributed by atoms with Crippen LogP contribution in [0, 0.1) is 6.57 Å². The number of hydrogen-bond donors (Lipinski definition) is 3. The van der Waals surface area contributed by atoms with Gasteiger partial charge >= 0.3 is 22.2 Å². The van der Waals surface area contributed by atoms with Crippen molar-refractivity contribution < 1.29 is 79.4 Å². The second kappa shape index (κ2) is 27.5. The number of alkyl carbamates (subject to hydrolysis) is 1. The number of ether oxygens (including phenoxy) is 4. The fourth-order valence-electron chi connectivity index (χ4n) is 9.73. The Labute approximate surface area is 488 Å². The number of pyridine rings is 1. The highest BCUT2D eigenvalue weighted by Crippen LogP contribution is 2.56. The van der Waals surface area contributed by atoms with E-state index in [0.717, 1.165) is 11.6 Å². The maximum atomic E-state index is 17.1. The number of amides is 2. The summed E-state index contributed by atoms with van der Waals surface area (Å²) in [6, 6.07) is 12.7. The number of aromatic nitrogens is 5. The van der Waals surface area contributed by atoms with Crippen LogP contribution in [0.5, 0.6) is 0 Å². The molecular weight excluding hydrogens is 1170 g/mol. The van der Waals surface area contributed by atoms with Crippen molar-refractivity contribution in [3.63, 3.8) is 0 Å². The first-order chi connectivity index (χ1) is 39.8. The van der Waals surface area contributed by atoms with Crippen molar-refractivity contribution in [3.8, 4) is 0 Å². The van der Waals surface area contributed by atoms with Crippen LogP contribution in [0.2, 0.25) is 43.8 Å². The van der Waals surface area contributed by atoms with Gasteiger partial charge in [-0.25, -0.2) is 30.3 Å². The Kier molecular flexibility index (Phi) is 21.1. The van der Waals surface area contributed by atoms with Crippen LogP contribution in [0.1, 0.15) is 62.0 Å². The van der Waals surface area contributed by atoms with Crippen LogP contribution in [0.25, 0.3) is 26.8 Å². The van der Waals surface area contributed by atoms with Gasteiger partial charge in [-0.1, -0.05) is 58.6 Å². The molecule has 4 aromatic heterocycles. The van der Waals surface area contributed by atoms with E-state index in [2.05, 4.69) is 39.8 Å². The average Bonchev–Trinajstić information content (AvgIpc) is 3.18. The maximum Gasteiger partial charge on any atom is 0.695 e. The molecule has 2 fully saturated rings. The van der Waals surface area contributed by atoms with Gasteiger partial charge in [0.05, 0.1) is 63.4 Å². The number of ketones is 1. The number of anilines is 1. The molecule has 5 aromatic rings. The summed E-state index contributed by atoms with van der Waals surface area (Å²) in [5.74, 6) is -0.183. The summed E-state index contributed by atoms with van der Waals surface area (Å²) in [5.41, 5.74) is 1.27. The number of Topliss-reactive ketones (excluding diaryl/α,β-unsaturated/α-hetero) is 1. The van der Waals surface area contributed by atoms with Gasteiger partial charge in [-0.3, -0.25) is 37.4 Å². The molecule has 3 N–H and O–H groups in total. The Morgan fingerprint density at radius 2 is 1.71 bits per heavy atom. The molecule has 0 bridgehead atoms. The molecule has 0 saturated carbocycles. The highest BCUT2D eigenvalue weighted by atomic mass is 31.2. The molecule has 0 radical (unpaired) electrons. The summed E-state index contributed by atoms with van der Waals surface area (Å²) in [4.78, 5) is 76.4. The van der Waals surface area contributed by atoms with E-state index in [9.17, 15) is 33.7 Å². The molecule has 4 unspecified atom stereocenters. The first-order valence-corrected chi connectivity index (χ1v) is 36.9. The average molecular weight is 1240 g/mol. The number of rotatable bonds is 27. The molecule has 1 aromatic carbocycles. The van der Waals surface area contributed by atoms with E-state index in [1.54, 1.807) is 47.5 Å². The number of phosphoric ester groups is 1. The van der Waals surface area contributed by atoms with Gasteiger partial charge in [-0.05, 0) is 66.8 Å². The van der Waals surface area contributed by atoms with E-state index in [0.29, 0.717) is 41.7 Å². The lowest BCUT2D eigenvalue weighted by atomic mass is 10.1. The number of carbonyl (C=O) groups is 3. The zero-order valence-corrected chi connectivity index (χ0v) is 52.1. The molecular formula is C54H74FN8O17P2Si2+. The monoisotopic (exact) mass is 1240 g/mol. The number of nitrogens with one attached hydrogen (secondary N) is 1. The molecule has 2 amide bonds. The van der Waals surface area contributed by atoms with Crippen molar-refractivity contribution in [2.24, 2.45) is 0 Å². The van der Waals surface area contributed by atoms with Gasteiger partial charge in [0.2, 0.25) is 6.54 Å². The highest BCUT2D eigenvalue weighted by molar-refractivity contribution is 7.48. The molecule has 25 nitrogen and oxygen atoms in total. The van der Waals surface area contributed by atoms with Gasteiger partial charge in [-0.2, -0.15) is 0 Å². The lowest BCUT2D eigenvalue weighted by molar-refractivity contribution is -0.119. The molecule has 30 heteroatoms. The SMILES string of the molecule is [C-]#[N+]CCOP(=O)(OC[C@H]1O[C@@H](n2cc3c4c(nccc42)N(C(=O)c2ccccc2)CCC3)C(F)C1O[P+](=O)O)O[C@@H]1[C@H](O[Si](C)(C)C(C)(C)C)[C@@H](CO)O[C@H]1n1ccc2c(=O)n(CCOCCC(=O)CNC(=O)OCC[Si](C)(C)C)cnc21. The number of halogens is 1. The first-order valence-electron chi connectivity index (χ1n) is 27.7. The van der Waals surface area contributed by atoms with Crippen LogP contribution >= 0.6 is 16.1 Å². The Morgan fingerprint density at radius 1 is 0.964 bits per heavy atom. The normalized spacial score (nSPS) is 22.9. The van der Waals surface area contributed by atoms with Crippen LogP contribution in [0.15, 0.2) is 72.2 Å². The molecule has 2 saturated heterocycles. The number of fused-ring (bicyclic) bond motifs is 1. The quantitative estimate of drug-likeness (QED) is 0.0195. The van der Waals surface area contributed by atoms with Crippen molar-refractivity contribution in [3.05, 3.63) is 100 Å². The number of carbonyl (C=O) groups excluding carboxylic acids is 3. The zero-order valence-electron chi connectivity index (χ0n) is 48.3. The standard InChI is InChI=1S/C54H73FN8O17P2Si2/c1-54(2,3)84(8,9)80-45-40(32-64)76-52(62-23-18-38-47(62)59-34-60(50(38)67)24-27-72-25-19-37(65)30-58-53(68)73-28-29-83(5,6)7)46(45)79-82(71,74-26-21-56-4)75-33-41-44(78-81(69)70)43(55)51(77-41)63-31-36-16-13-22-61(48-42(36)39(63)17-20-57-48)49(66)35-14-11-10-12-15-35/h10-12,14-15,17-18,20,23,31,34,40-41,43-46,51-52,64H,13,16,19,21-22,24-30,32-33H2,1-3,5-9H3,(H-,58,68,69,70)/p+1/t40-,41-,43?,44?,45-,46-,51-,52-,82?/m1/s1. The van der Waals surface area contributed by atoms with Gasteiger partial charge in [0.15, 0.2) is 38.8 Å². The molecule has 0 spiro atoms. The van der Waals surface area contributed by atoms with Gasteiger partial charge in [0, 0.05) is 55.1 Å². The summed E-state index contributed by atoms with van der Waals surface area (Å²) in [7, 11) is -12.7. The van der Waals surface area contributed by atoms with Gasteiger partial charge in [0.1, 0.15) is 42.5 Å². The van der Waals surface area contributed by atoms with Crippen molar-refractivity contribution >= 4 is 78.0 Å². The third kappa shape index (κ3) is 15.2. The van der Waals surface area contributed by atoms with Crippen molar-refractivity contribution in [2.75, 3.05) is 64.2 Å². The number of alkyl halides is 1. The van der Waals surface area contributed by atoms with Crippen LogP contribution < -0.4 is 15.8 Å². The van der Waals surface area contributed by atoms with Gasteiger partial charge in [0.25, 0.3) is 11.5 Å². The molecule has 84 heavy (non-hydrogen) atoms. The third-order valence-electron chi connectivity index (χ3n) is 15.2. The third-order valence-corrected chi connectivity index (χ3v) is 23.3. The van der Waals surface area contributed by atoms with Crippen LogP contribution in [-0.4, -0.2) is 164 Å². The van der Waals surface area contributed by atoms with Crippen LogP contribution in [0.3, 0.4) is 0 Å². The molecule has 3 aliphatic heterocycles. The second-order valence-electron chi connectivity index (χ2n) is 23.4. The Morgan fingerprint density at radius 3 is 2.42 bits per heavy atom. The molecule has 7 heterocycles. The topological polar surface area (TPSA) is 286 Å². The van der Waals surface area contributed by atoms with Crippen LogP contribution in [0.4, 0.5) is 15.0 Å². The summed E-state index contributed by atoms with van der Waals surface area (Å²) in [5, 5.41) is 13.7. The van der Waals surface area contributed by atoms with E-state index in [1.807, 2.05) is 33.9 Å². The predicted molar refractivity (Wildman–Crippen MR) is 311 cm³/mol. The Hall–Kier alpha value is -5.48. The number of aryl methyl sites for hydroxylation is 1. The van der Waals surface area contributed by atoms with Gasteiger partial charge < -0.3 is 47.8 Å². The largest absolute Gasteiger partial charge is 0.695 e. The number of phosphoric acid groups is 1. The minimum absolute atomic E-state index is 0.00711. The first kappa shape index (κ1) is 64.5. The molecule has 8 rings (SSSR count).